The lowest BCUT2D eigenvalue weighted by atomic mass is 9.96. The standard InChI is InChI=1S/C20H18ClF3N4O/c1-11-26-27-18-9-7-16(25-14-5-3-13(21)4-6-14)15-10-12(19(29)20(22,23)24)2-8-17(15)28(11)18/h2-6,8,10,16,19,25,29H,7,9H2,1H3. The second kappa shape index (κ2) is 7.35. The number of aromatic nitrogens is 3. The molecule has 0 saturated carbocycles. The van der Waals surface area contributed by atoms with Crippen LogP contribution in [-0.4, -0.2) is 26.0 Å². The summed E-state index contributed by atoms with van der Waals surface area (Å²) in [5, 5.41) is 22.0. The minimum absolute atomic E-state index is 0.201. The maximum absolute atomic E-state index is 13.1. The van der Waals surface area contributed by atoms with Gasteiger partial charge in [-0.3, -0.25) is 4.57 Å². The number of aliphatic hydroxyl groups excluding tert-OH is 1. The van der Waals surface area contributed by atoms with Gasteiger partial charge in [-0.1, -0.05) is 17.7 Å². The predicted molar refractivity (Wildman–Crippen MR) is 103 cm³/mol. The van der Waals surface area contributed by atoms with Crippen molar-refractivity contribution in [2.24, 2.45) is 0 Å². The summed E-state index contributed by atoms with van der Waals surface area (Å²) >= 11 is 5.94. The van der Waals surface area contributed by atoms with E-state index in [0.29, 0.717) is 34.9 Å². The first kappa shape index (κ1) is 19.7. The fourth-order valence-electron chi connectivity index (χ4n) is 3.62. The normalized spacial score (nSPS) is 17.2. The molecule has 3 aromatic rings. The third-order valence-corrected chi connectivity index (χ3v) is 5.28. The van der Waals surface area contributed by atoms with Crippen molar-refractivity contribution in [3.05, 3.63) is 70.3 Å². The van der Waals surface area contributed by atoms with E-state index in [4.69, 9.17) is 11.6 Å². The van der Waals surface area contributed by atoms with E-state index in [1.807, 2.05) is 16.7 Å². The van der Waals surface area contributed by atoms with Crippen molar-refractivity contribution in [1.82, 2.24) is 14.8 Å². The van der Waals surface area contributed by atoms with Gasteiger partial charge in [-0.05, 0) is 60.9 Å². The Morgan fingerprint density at radius 3 is 2.59 bits per heavy atom. The molecule has 2 unspecified atom stereocenters. The monoisotopic (exact) mass is 422 g/mol. The highest BCUT2D eigenvalue weighted by Crippen LogP contribution is 2.38. The lowest BCUT2D eigenvalue weighted by Gasteiger charge is -2.23. The number of aryl methyl sites for hydroxylation is 2. The molecule has 0 saturated heterocycles. The van der Waals surface area contributed by atoms with Crippen molar-refractivity contribution in [3.8, 4) is 5.69 Å². The van der Waals surface area contributed by atoms with E-state index in [1.54, 1.807) is 25.1 Å². The quantitative estimate of drug-likeness (QED) is 0.628. The third kappa shape index (κ3) is 3.82. The number of fused-ring (bicyclic) bond motifs is 3. The van der Waals surface area contributed by atoms with Gasteiger partial charge in [0, 0.05) is 17.1 Å². The van der Waals surface area contributed by atoms with Crippen LogP contribution in [0.4, 0.5) is 18.9 Å². The van der Waals surface area contributed by atoms with E-state index < -0.39 is 12.3 Å². The zero-order valence-electron chi connectivity index (χ0n) is 15.4. The number of anilines is 1. The molecule has 0 aliphatic carbocycles. The second-order valence-corrected chi connectivity index (χ2v) is 7.44. The van der Waals surface area contributed by atoms with Crippen LogP contribution in [0.3, 0.4) is 0 Å². The minimum atomic E-state index is -4.74. The molecule has 1 aliphatic rings. The summed E-state index contributed by atoms with van der Waals surface area (Å²) in [5.74, 6) is 1.39. The molecule has 2 N–H and O–H groups in total. The van der Waals surface area contributed by atoms with E-state index in [0.717, 1.165) is 11.5 Å². The fraction of sp³-hybridized carbons (Fsp3) is 0.300. The third-order valence-electron chi connectivity index (χ3n) is 5.03. The van der Waals surface area contributed by atoms with E-state index in [1.165, 1.54) is 12.1 Å². The Kier molecular flexibility index (Phi) is 5.00. The number of halogens is 4. The van der Waals surface area contributed by atoms with Gasteiger partial charge in [0.2, 0.25) is 0 Å². The van der Waals surface area contributed by atoms with Crippen LogP contribution in [0.2, 0.25) is 5.02 Å². The number of aliphatic hydroxyl groups is 1. The van der Waals surface area contributed by atoms with Crippen LogP contribution in [-0.2, 0) is 6.42 Å². The SMILES string of the molecule is Cc1nnc2n1-c1ccc(C(O)C(F)(F)F)cc1C(Nc1ccc(Cl)cc1)CC2. The van der Waals surface area contributed by atoms with Crippen LogP contribution in [0.25, 0.3) is 5.69 Å². The van der Waals surface area contributed by atoms with Crippen LogP contribution in [0.15, 0.2) is 42.5 Å². The summed E-state index contributed by atoms with van der Waals surface area (Å²) in [5.41, 5.74) is 1.93. The Morgan fingerprint density at radius 2 is 1.90 bits per heavy atom. The summed E-state index contributed by atoms with van der Waals surface area (Å²) in [6.07, 6.45) is -6.10. The summed E-state index contributed by atoms with van der Waals surface area (Å²) in [7, 11) is 0. The first-order chi connectivity index (χ1) is 13.7. The smallest absolute Gasteiger partial charge is 0.379 e. The number of hydrogen-bond donors (Lipinski definition) is 2. The molecular formula is C20H18ClF3N4O. The highest BCUT2D eigenvalue weighted by Gasteiger charge is 2.40. The van der Waals surface area contributed by atoms with Gasteiger partial charge in [-0.25, -0.2) is 0 Å². The van der Waals surface area contributed by atoms with Gasteiger partial charge >= 0.3 is 6.18 Å². The highest BCUT2D eigenvalue weighted by molar-refractivity contribution is 6.30. The van der Waals surface area contributed by atoms with Crippen LogP contribution >= 0.6 is 11.6 Å². The highest BCUT2D eigenvalue weighted by atomic mass is 35.5. The molecule has 2 heterocycles. The molecule has 1 aliphatic heterocycles. The van der Waals surface area contributed by atoms with Crippen LogP contribution in [0.1, 0.15) is 41.3 Å². The van der Waals surface area contributed by atoms with Crippen molar-refractivity contribution in [2.45, 2.75) is 38.1 Å². The number of rotatable bonds is 3. The molecule has 0 amide bonds. The van der Waals surface area contributed by atoms with Crippen molar-refractivity contribution in [2.75, 3.05) is 5.32 Å². The van der Waals surface area contributed by atoms with Crippen LogP contribution in [0, 0.1) is 6.92 Å². The molecular weight excluding hydrogens is 405 g/mol. The van der Waals surface area contributed by atoms with E-state index in [-0.39, 0.29) is 11.6 Å². The Labute approximate surface area is 170 Å². The largest absolute Gasteiger partial charge is 0.418 e. The zero-order valence-corrected chi connectivity index (χ0v) is 16.2. The van der Waals surface area contributed by atoms with Gasteiger partial charge in [0.25, 0.3) is 0 Å². The molecule has 5 nitrogen and oxygen atoms in total. The summed E-state index contributed by atoms with van der Waals surface area (Å²) in [6.45, 7) is 1.80. The molecule has 1 aromatic heterocycles. The molecule has 29 heavy (non-hydrogen) atoms. The molecule has 0 bridgehead atoms. The molecule has 0 fully saturated rings. The first-order valence-electron chi connectivity index (χ1n) is 9.06. The first-order valence-corrected chi connectivity index (χ1v) is 9.44. The molecule has 4 rings (SSSR count). The topological polar surface area (TPSA) is 63.0 Å². The van der Waals surface area contributed by atoms with E-state index in [2.05, 4.69) is 15.5 Å². The maximum Gasteiger partial charge on any atom is 0.418 e. The Hall–Kier alpha value is -2.58. The van der Waals surface area contributed by atoms with Crippen molar-refractivity contribution < 1.29 is 18.3 Å². The summed E-state index contributed by atoms with van der Waals surface area (Å²) in [6, 6.07) is 11.1. The number of nitrogens with one attached hydrogen (secondary N) is 1. The van der Waals surface area contributed by atoms with Gasteiger partial charge in [0.15, 0.2) is 6.10 Å². The van der Waals surface area contributed by atoms with E-state index in [9.17, 15) is 18.3 Å². The average molecular weight is 423 g/mol. The fourth-order valence-corrected chi connectivity index (χ4v) is 3.75. The number of alkyl halides is 3. The molecule has 0 spiro atoms. The maximum atomic E-state index is 13.1. The Bertz CT molecular complexity index is 1030. The predicted octanol–water partition coefficient (Wildman–Crippen LogP) is 4.92. The summed E-state index contributed by atoms with van der Waals surface area (Å²) < 4.78 is 41.1. The Morgan fingerprint density at radius 1 is 1.17 bits per heavy atom. The second-order valence-electron chi connectivity index (χ2n) is 7.00. The molecule has 9 heteroatoms. The minimum Gasteiger partial charge on any atom is -0.379 e. The van der Waals surface area contributed by atoms with Gasteiger partial charge in [-0.15, -0.1) is 10.2 Å². The van der Waals surface area contributed by atoms with Gasteiger partial charge in [0.05, 0.1) is 11.7 Å². The number of nitrogens with zero attached hydrogens (tertiary/aromatic N) is 3. The molecule has 2 aromatic carbocycles. The Balaban J connectivity index is 1.81. The molecule has 0 radical (unpaired) electrons. The lowest BCUT2D eigenvalue weighted by molar-refractivity contribution is -0.206. The zero-order chi connectivity index (χ0) is 20.8. The average Bonchev–Trinajstić information content (AvgIpc) is 2.97. The number of hydrogen-bond acceptors (Lipinski definition) is 4. The van der Waals surface area contributed by atoms with Crippen molar-refractivity contribution >= 4 is 17.3 Å². The van der Waals surface area contributed by atoms with Crippen LogP contribution in [0.5, 0.6) is 0 Å². The van der Waals surface area contributed by atoms with Crippen LogP contribution < -0.4 is 5.32 Å². The molecule has 2 atom stereocenters. The van der Waals surface area contributed by atoms with Gasteiger partial charge in [0.1, 0.15) is 11.6 Å². The van der Waals surface area contributed by atoms with Crippen molar-refractivity contribution in [3.63, 3.8) is 0 Å². The lowest BCUT2D eigenvalue weighted by Crippen LogP contribution is -2.21. The van der Waals surface area contributed by atoms with Crippen molar-refractivity contribution in [1.29, 1.82) is 0 Å². The van der Waals surface area contributed by atoms with Gasteiger partial charge < -0.3 is 10.4 Å². The van der Waals surface area contributed by atoms with Gasteiger partial charge in [-0.2, -0.15) is 13.2 Å². The van der Waals surface area contributed by atoms with E-state index >= 15 is 0 Å². The number of benzene rings is 2. The summed E-state index contributed by atoms with van der Waals surface area (Å²) in [4.78, 5) is 0. The molecule has 152 valence electrons.